The first-order chi connectivity index (χ1) is 11.5. The van der Waals surface area contributed by atoms with E-state index in [1.54, 1.807) is 0 Å². The minimum Gasteiger partial charge on any atom is -0.396 e. The lowest BCUT2D eigenvalue weighted by atomic mass is 9.86. The molecule has 0 bridgehead atoms. The van der Waals surface area contributed by atoms with Crippen molar-refractivity contribution in [3.8, 4) is 0 Å². The third-order valence-electron chi connectivity index (χ3n) is 4.86. The fraction of sp³-hybridized carbons (Fsp3) is 0.368. The molecule has 1 aliphatic rings. The highest BCUT2D eigenvalue weighted by molar-refractivity contribution is 6.42. The number of aliphatic hydroxyl groups is 1. The number of hydrogen-bond donors (Lipinski definition) is 1. The minimum absolute atomic E-state index is 0.129. The molecule has 128 valence electrons. The van der Waals surface area contributed by atoms with Gasteiger partial charge in [0, 0.05) is 19.7 Å². The molecular formula is C19H22Cl2N2O. The third-order valence-corrected chi connectivity index (χ3v) is 5.60. The second-order valence-electron chi connectivity index (χ2n) is 6.45. The molecule has 0 radical (unpaired) electrons. The molecule has 1 aliphatic heterocycles. The third kappa shape index (κ3) is 3.46. The van der Waals surface area contributed by atoms with Crippen LogP contribution in [0.1, 0.15) is 17.5 Å². The first-order valence-corrected chi connectivity index (χ1v) is 8.85. The molecule has 1 unspecified atom stereocenters. The SMILES string of the molecule is CN1CN(Cc2ccccc2)CC1(CCO)c1ccc(Cl)c(Cl)c1. The summed E-state index contributed by atoms with van der Waals surface area (Å²) in [6, 6.07) is 16.2. The zero-order valence-electron chi connectivity index (χ0n) is 13.8. The summed E-state index contributed by atoms with van der Waals surface area (Å²) in [6.07, 6.45) is 0.659. The van der Waals surface area contributed by atoms with Gasteiger partial charge in [-0.15, -0.1) is 0 Å². The van der Waals surface area contributed by atoms with Crippen LogP contribution >= 0.6 is 23.2 Å². The lowest BCUT2D eigenvalue weighted by molar-refractivity contribution is 0.134. The van der Waals surface area contributed by atoms with Crippen LogP contribution in [0.2, 0.25) is 10.0 Å². The van der Waals surface area contributed by atoms with Crippen molar-refractivity contribution in [1.29, 1.82) is 0 Å². The van der Waals surface area contributed by atoms with Crippen molar-refractivity contribution < 1.29 is 5.11 Å². The highest BCUT2D eigenvalue weighted by Gasteiger charge is 2.43. The van der Waals surface area contributed by atoms with Crippen LogP contribution in [0.3, 0.4) is 0 Å². The number of likely N-dealkylation sites (N-methyl/N-ethyl adjacent to an activating group) is 1. The van der Waals surface area contributed by atoms with Crippen LogP contribution in [0.5, 0.6) is 0 Å². The summed E-state index contributed by atoms with van der Waals surface area (Å²) in [5, 5.41) is 10.8. The van der Waals surface area contributed by atoms with Crippen molar-refractivity contribution in [2.75, 3.05) is 26.9 Å². The van der Waals surface area contributed by atoms with E-state index in [1.807, 2.05) is 24.3 Å². The molecule has 1 N–H and O–H groups in total. The molecule has 1 atom stereocenters. The van der Waals surface area contributed by atoms with Crippen molar-refractivity contribution in [3.05, 3.63) is 69.7 Å². The molecule has 3 rings (SSSR count). The molecule has 24 heavy (non-hydrogen) atoms. The van der Waals surface area contributed by atoms with Gasteiger partial charge in [-0.2, -0.15) is 0 Å². The fourth-order valence-electron chi connectivity index (χ4n) is 3.62. The normalized spacial score (nSPS) is 22.2. The van der Waals surface area contributed by atoms with E-state index in [-0.39, 0.29) is 12.1 Å². The molecule has 1 saturated heterocycles. The van der Waals surface area contributed by atoms with Gasteiger partial charge in [0.1, 0.15) is 0 Å². The van der Waals surface area contributed by atoms with Crippen molar-refractivity contribution in [1.82, 2.24) is 9.80 Å². The van der Waals surface area contributed by atoms with Gasteiger partial charge in [-0.1, -0.05) is 59.6 Å². The molecule has 0 spiro atoms. The van der Waals surface area contributed by atoms with Crippen LogP contribution < -0.4 is 0 Å². The van der Waals surface area contributed by atoms with E-state index in [0.717, 1.165) is 25.3 Å². The highest BCUT2D eigenvalue weighted by Crippen LogP contribution is 2.39. The second-order valence-corrected chi connectivity index (χ2v) is 7.26. The molecule has 1 fully saturated rings. The molecule has 0 saturated carbocycles. The van der Waals surface area contributed by atoms with Crippen LogP contribution in [-0.2, 0) is 12.1 Å². The van der Waals surface area contributed by atoms with Crippen molar-refractivity contribution in [2.45, 2.75) is 18.5 Å². The average Bonchev–Trinajstić information content (AvgIpc) is 2.88. The van der Waals surface area contributed by atoms with Crippen molar-refractivity contribution in [3.63, 3.8) is 0 Å². The zero-order valence-corrected chi connectivity index (χ0v) is 15.3. The van der Waals surface area contributed by atoms with E-state index < -0.39 is 0 Å². The topological polar surface area (TPSA) is 26.7 Å². The number of benzene rings is 2. The monoisotopic (exact) mass is 364 g/mol. The van der Waals surface area contributed by atoms with Crippen LogP contribution in [0, 0.1) is 0 Å². The van der Waals surface area contributed by atoms with Crippen molar-refractivity contribution >= 4 is 23.2 Å². The fourth-order valence-corrected chi connectivity index (χ4v) is 3.92. The molecular weight excluding hydrogens is 343 g/mol. The first-order valence-electron chi connectivity index (χ1n) is 8.09. The summed E-state index contributed by atoms with van der Waals surface area (Å²) in [4.78, 5) is 4.69. The van der Waals surface area contributed by atoms with Crippen LogP contribution in [-0.4, -0.2) is 41.8 Å². The predicted octanol–water partition coefficient (Wildman–Crippen LogP) is 3.98. The van der Waals surface area contributed by atoms with Gasteiger partial charge in [0.15, 0.2) is 0 Å². The van der Waals surface area contributed by atoms with E-state index in [0.29, 0.717) is 16.5 Å². The number of rotatable bonds is 5. The smallest absolute Gasteiger partial charge is 0.0619 e. The molecule has 0 aliphatic carbocycles. The Bertz CT molecular complexity index is 695. The summed E-state index contributed by atoms with van der Waals surface area (Å²) in [5.74, 6) is 0. The van der Waals surface area contributed by atoms with Gasteiger partial charge < -0.3 is 5.11 Å². The van der Waals surface area contributed by atoms with E-state index in [9.17, 15) is 5.11 Å². The average molecular weight is 365 g/mol. The summed E-state index contributed by atoms with van der Waals surface area (Å²) in [6.45, 7) is 2.70. The first kappa shape index (κ1) is 17.7. The Morgan fingerprint density at radius 2 is 1.83 bits per heavy atom. The lowest BCUT2D eigenvalue weighted by Crippen LogP contribution is -2.41. The lowest BCUT2D eigenvalue weighted by Gasteiger charge is -2.35. The molecule has 2 aromatic carbocycles. The van der Waals surface area contributed by atoms with Crippen LogP contribution in [0.15, 0.2) is 48.5 Å². The number of nitrogens with zero attached hydrogens (tertiary/aromatic N) is 2. The Morgan fingerprint density at radius 3 is 2.50 bits per heavy atom. The molecule has 0 amide bonds. The summed E-state index contributed by atoms with van der Waals surface area (Å²) in [5.41, 5.74) is 2.14. The zero-order chi connectivity index (χ0) is 17.2. The van der Waals surface area contributed by atoms with E-state index in [1.165, 1.54) is 5.56 Å². The van der Waals surface area contributed by atoms with Crippen LogP contribution in [0.25, 0.3) is 0 Å². The number of hydrogen-bond acceptors (Lipinski definition) is 3. The van der Waals surface area contributed by atoms with Gasteiger partial charge in [0.2, 0.25) is 0 Å². The predicted molar refractivity (Wildman–Crippen MR) is 99.3 cm³/mol. The minimum atomic E-state index is -0.252. The maximum absolute atomic E-state index is 9.67. The Balaban J connectivity index is 1.88. The Hall–Kier alpha value is -1.10. The molecule has 3 nitrogen and oxygen atoms in total. The molecule has 5 heteroatoms. The maximum atomic E-state index is 9.67. The van der Waals surface area contributed by atoms with Gasteiger partial charge in [-0.3, -0.25) is 9.80 Å². The Morgan fingerprint density at radius 1 is 1.08 bits per heavy atom. The molecule has 2 aromatic rings. The Kier molecular flexibility index (Phi) is 5.48. The van der Waals surface area contributed by atoms with E-state index in [4.69, 9.17) is 23.2 Å². The van der Waals surface area contributed by atoms with Gasteiger partial charge in [-0.25, -0.2) is 0 Å². The summed E-state index contributed by atoms with van der Waals surface area (Å²) >= 11 is 12.3. The van der Waals surface area contributed by atoms with E-state index >= 15 is 0 Å². The van der Waals surface area contributed by atoms with Crippen molar-refractivity contribution in [2.24, 2.45) is 0 Å². The highest BCUT2D eigenvalue weighted by atomic mass is 35.5. The standard InChI is InChI=1S/C19H22Cl2N2O/c1-22-14-23(12-15-5-3-2-4-6-15)13-19(22,9-10-24)16-7-8-17(20)18(21)11-16/h2-8,11,24H,9-10,12-14H2,1H3. The quantitative estimate of drug-likeness (QED) is 0.869. The summed E-state index contributed by atoms with van der Waals surface area (Å²) < 4.78 is 0. The summed E-state index contributed by atoms with van der Waals surface area (Å²) in [7, 11) is 2.10. The van der Waals surface area contributed by atoms with Gasteiger partial charge >= 0.3 is 0 Å². The molecule has 0 aromatic heterocycles. The van der Waals surface area contributed by atoms with Gasteiger partial charge in [0.25, 0.3) is 0 Å². The van der Waals surface area contributed by atoms with E-state index in [2.05, 4.69) is 41.1 Å². The number of aliphatic hydroxyl groups excluding tert-OH is 1. The largest absolute Gasteiger partial charge is 0.396 e. The maximum Gasteiger partial charge on any atom is 0.0619 e. The Labute approximate surface area is 153 Å². The van der Waals surface area contributed by atoms with Gasteiger partial charge in [-0.05, 0) is 36.7 Å². The second kappa shape index (κ2) is 7.42. The number of halogens is 2. The molecule has 1 heterocycles. The van der Waals surface area contributed by atoms with Crippen LogP contribution in [0.4, 0.5) is 0 Å². The van der Waals surface area contributed by atoms with Gasteiger partial charge in [0.05, 0.1) is 22.3 Å².